The molecule has 2 rings (SSSR count). The van der Waals surface area contributed by atoms with Crippen molar-refractivity contribution in [2.24, 2.45) is 5.92 Å². The lowest BCUT2D eigenvalue weighted by atomic mass is 9.96. The van der Waals surface area contributed by atoms with Crippen molar-refractivity contribution in [2.45, 2.75) is 63.9 Å². The number of unbranched alkanes of at least 4 members (excludes halogenated alkanes) is 1. The quantitative estimate of drug-likeness (QED) is 0.343. The first kappa shape index (κ1) is 22.1. The van der Waals surface area contributed by atoms with E-state index in [1.54, 1.807) is 0 Å². The summed E-state index contributed by atoms with van der Waals surface area (Å²) in [5.74, 6) is -0.872. The van der Waals surface area contributed by atoms with Gasteiger partial charge in [0, 0.05) is 31.7 Å². The Morgan fingerprint density at radius 3 is 2.61 bits per heavy atom. The maximum Gasteiger partial charge on any atom is 0.303 e. The number of ether oxygens (including phenoxy) is 2. The van der Waals surface area contributed by atoms with Crippen molar-refractivity contribution in [1.29, 1.82) is 0 Å². The van der Waals surface area contributed by atoms with Crippen LogP contribution < -0.4 is 5.32 Å². The molecule has 6 heteroatoms. The molecule has 1 aliphatic rings. The summed E-state index contributed by atoms with van der Waals surface area (Å²) < 4.78 is 11.7. The molecule has 0 amide bonds. The first-order valence-corrected chi connectivity index (χ1v) is 9.88. The van der Waals surface area contributed by atoms with E-state index in [1.165, 1.54) is 6.92 Å². The summed E-state index contributed by atoms with van der Waals surface area (Å²) in [6, 6.07) is 10.0. The SMILES string of the molecule is CN[C@H]1[C@H](CC=CCCCC(=O)O)[C@H](OCc2ccccc2)C[C@@H]1OC(C)=O. The molecule has 0 radical (unpaired) electrons. The van der Waals surface area contributed by atoms with Crippen LogP contribution >= 0.6 is 0 Å². The van der Waals surface area contributed by atoms with E-state index in [-0.39, 0.29) is 36.6 Å². The van der Waals surface area contributed by atoms with E-state index in [1.807, 2.05) is 43.5 Å². The van der Waals surface area contributed by atoms with E-state index in [4.69, 9.17) is 14.6 Å². The number of carbonyl (C=O) groups is 2. The zero-order valence-corrected chi connectivity index (χ0v) is 16.7. The van der Waals surface area contributed by atoms with Gasteiger partial charge in [-0.1, -0.05) is 42.5 Å². The number of nitrogens with one attached hydrogen (secondary N) is 1. The fraction of sp³-hybridized carbons (Fsp3) is 0.545. The van der Waals surface area contributed by atoms with Gasteiger partial charge in [0.05, 0.1) is 12.7 Å². The predicted octanol–water partition coefficient (Wildman–Crippen LogP) is 3.31. The third kappa shape index (κ3) is 7.09. The van der Waals surface area contributed by atoms with Gasteiger partial charge in [0.25, 0.3) is 0 Å². The topological polar surface area (TPSA) is 84.9 Å². The van der Waals surface area contributed by atoms with Gasteiger partial charge in [-0.15, -0.1) is 0 Å². The Balaban J connectivity index is 1.98. The third-order valence-corrected chi connectivity index (χ3v) is 5.10. The van der Waals surface area contributed by atoms with Crippen molar-refractivity contribution in [1.82, 2.24) is 5.32 Å². The second-order valence-electron chi connectivity index (χ2n) is 7.19. The van der Waals surface area contributed by atoms with E-state index >= 15 is 0 Å². The normalized spacial score (nSPS) is 24.5. The van der Waals surface area contributed by atoms with Crippen molar-refractivity contribution in [3.05, 3.63) is 48.0 Å². The van der Waals surface area contributed by atoms with Gasteiger partial charge in [-0.2, -0.15) is 0 Å². The minimum Gasteiger partial charge on any atom is -0.481 e. The van der Waals surface area contributed by atoms with Crippen LogP contribution in [-0.4, -0.2) is 42.3 Å². The summed E-state index contributed by atoms with van der Waals surface area (Å²) in [6.45, 7) is 1.95. The molecule has 0 aromatic heterocycles. The summed E-state index contributed by atoms with van der Waals surface area (Å²) in [5.41, 5.74) is 1.11. The molecule has 4 atom stereocenters. The molecule has 2 N–H and O–H groups in total. The number of allylic oxidation sites excluding steroid dienone is 2. The molecular weight excluding hydrogens is 358 g/mol. The van der Waals surface area contributed by atoms with E-state index in [2.05, 4.69) is 11.4 Å². The molecule has 1 aromatic carbocycles. The van der Waals surface area contributed by atoms with Crippen molar-refractivity contribution in [2.75, 3.05) is 7.05 Å². The highest BCUT2D eigenvalue weighted by molar-refractivity contribution is 5.66. The molecule has 0 unspecified atom stereocenters. The number of hydrogen-bond acceptors (Lipinski definition) is 5. The Hall–Kier alpha value is -2.18. The molecular formula is C22H31NO5. The molecule has 28 heavy (non-hydrogen) atoms. The average Bonchev–Trinajstić information content (AvgIpc) is 2.99. The average molecular weight is 389 g/mol. The molecule has 1 aliphatic carbocycles. The summed E-state index contributed by atoms with van der Waals surface area (Å²) in [6.07, 6.45) is 6.89. The second kappa shape index (κ2) is 11.6. The van der Waals surface area contributed by atoms with Gasteiger partial charge in [-0.05, 0) is 31.9 Å². The molecule has 0 heterocycles. The Morgan fingerprint density at radius 1 is 1.21 bits per heavy atom. The van der Waals surface area contributed by atoms with Crippen LogP contribution in [-0.2, 0) is 25.7 Å². The number of likely N-dealkylation sites (N-methyl/N-ethyl adjacent to an activating group) is 1. The van der Waals surface area contributed by atoms with Gasteiger partial charge in [0.2, 0.25) is 0 Å². The number of rotatable bonds is 11. The highest BCUT2D eigenvalue weighted by Crippen LogP contribution is 2.34. The molecule has 0 aliphatic heterocycles. The van der Waals surface area contributed by atoms with Gasteiger partial charge < -0.3 is 19.9 Å². The number of carboxylic acids is 1. The molecule has 0 bridgehead atoms. The maximum atomic E-state index is 11.5. The van der Waals surface area contributed by atoms with Gasteiger partial charge in [-0.25, -0.2) is 0 Å². The van der Waals surface area contributed by atoms with E-state index in [0.29, 0.717) is 19.4 Å². The van der Waals surface area contributed by atoms with E-state index in [0.717, 1.165) is 18.4 Å². The number of aliphatic carboxylic acids is 1. The largest absolute Gasteiger partial charge is 0.481 e. The van der Waals surface area contributed by atoms with Crippen LogP contribution in [0.25, 0.3) is 0 Å². The fourth-order valence-corrected chi connectivity index (χ4v) is 3.80. The lowest BCUT2D eigenvalue weighted by molar-refractivity contribution is -0.147. The van der Waals surface area contributed by atoms with Crippen LogP contribution in [0.1, 0.15) is 44.6 Å². The maximum absolute atomic E-state index is 11.5. The zero-order valence-electron chi connectivity index (χ0n) is 16.7. The minimum atomic E-state index is -0.766. The Labute approximate surface area is 166 Å². The van der Waals surface area contributed by atoms with Gasteiger partial charge in [0.1, 0.15) is 6.10 Å². The second-order valence-corrected chi connectivity index (χ2v) is 7.19. The highest BCUT2D eigenvalue weighted by atomic mass is 16.5. The molecule has 0 spiro atoms. The number of benzene rings is 1. The van der Waals surface area contributed by atoms with Crippen LogP contribution in [0.4, 0.5) is 0 Å². The zero-order chi connectivity index (χ0) is 20.4. The van der Waals surface area contributed by atoms with Gasteiger partial charge in [-0.3, -0.25) is 9.59 Å². The Bertz CT molecular complexity index is 646. The van der Waals surface area contributed by atoms with Crippen molar-refractivity contribution >= 4 is 11.9 Å². The minimum absolute atomic E-state index is 0.0216. The first-order valence-electron chi connectivity index (χ1n) is 9.88. The molecule has 1 aromatic rings. The summed E-state index contributed by atoms with van der Waals surface area (Å²) in [7, 11) is 1.88. The first-order chi connectivity index (χ1) is 13.5. The van der Waals surface area contributed by atoms with Crippen molar-refractivity contribution < 1.29 is 24.2 Å². The molecule has 154 valence electrons. The smallest absolute Gasteiger partial charge is 0.303 e. The van der Waals surface area contributed by atoms with Crippen LogP contribution in [0.15, 0.2) is 42.5 Å². The number of hydrogen-bond donors (Lipinski definition) is 2. The van der Waals surface area contributed by atoms with Crippen LogP contribution in [0, 0.1) is 5.92 Å². The summed E-state index contributed by atoms with van der Waals surface area (Å²) >= 11 is 0. The number of carboxylic acid groups (broad SMARTS) is 1. The highest BCUT2D eigenvalue weighted by Gasteiger charge is 2.44. The van der Waals surface area contributed by atoms with Crippen LogP contribution in [0.2, 0.25) is 0 Å². The summed E-state index contributed by atoms with van der Waals surface area (Å²) in [4.78, 5) is 22.1. The Morgan fingerprint density at radius 2 is 1.96 bits per heavy atom. The van der Waals surface area contributed by atoms with E-state index < -0.39 is 5.97 Å². The lowest BCUT2D eigenvalue weighted by Crippen LogP contribution is -2.41. The Kier molecular flexibility index (Phi) is 9.17. The summed E-state index contributed by atoms with van der Waals surface area (Å²) in [5, 5.41) is 12.0. The predicted molar refractivity (Wildman–Crippen MR) is 107 cm³/mol. The molecule has 1 fully saturated rings. The van der Waals surface area contributed by atoms with Crippen molar-refractivity contribution in [3.63, 3.8) is 0 Å². The lowest BCUT2D eigenvalue weighted by Gasteiger charge is -2.25. The van der Waals surface area contributed by atoms with Gasteiger partial charge in [0.15, 0.2) is 0 Å². The number of esters is 1. The van der Waals surface area contributed by atoms with Gasteiger partial charge >= 0.3 is 11.9 Å². The third-order valence-electron chi connectivity index (χ3n) is 5.10. The van der Waals surface area contributed by atoms with Crippen LogP contribution in [0.3, 0.4) is 0 Å². The molecule has 6 nitrogen and oxygen atoms in total. The van der Waals surface area contributed by atoms with Crippen molar-refractivity contribution in [3.8, 4) is 0 Å². The number of carbonyl (C=O) groups excluding carboxylic acids is 1. The standard InChI is InChI=1S/C22H31NO5/c1-16(24)28-20-14-19(27-15-17-10-6-5-7-11-17)18(22(20)23-2)12-8-3-4-9-13-21(25)26/h3,5-8,10-11,18-20,22-23H,4,9,12-15H2,1-2H3,(H,25,26)/t18-,19-,20+,22+/m1/s1. The van der Waals surface area contributed by atoms with E-state index in [9.17, 15) is 9.59 Å². The molecule has 1 saturated carbocycles. The van der Waals surface area contributed by atoms with Crippen LogP contribution in [0.5, 0.6) is 0 Å². The monoisotopic (exact) mass is 389 g/mol. The fourth-order valence-electron chi connectivity index (χ4n) is 3.80. The molecule has 0 saturated heterocycles.